The predicted octanol–water partition coefficient (Wildman–Crippen LogP) is 4.10. The summed E-state index contributed by atoms with van der Waals surface area (Å²) in [5.74, 6) is 0.334. The van der Waals surface area contributed by atoms with Crippen LogP contribution < -0.4 is 10.6 Å². The number of carbonyl (C=O) groups is 1. The maximum atomic E-state index is 12.6. The van der Waals surface area contributed by atoms with Gasteiger partial charge in [-0.25, -0.2) is 9.97 Å². The molecule has 0 unspecified atom stereocenters. The number of hydrogen-bond acceptors (Lipinski definition) is 6. The molecule has 7 nitrogen and oxygen atoms in total. The Bertz CT molecular complexity index is 967. The largest absolute Gasteiger partial charge is 0.416 e. The van der Waals surface area contributed by atoms with Crippen molar-refractivity contribution in [3.8, 4) is 0 Å². The number of hydrogen-bond donors (Lipinski definition) is 2. The van der Waals surface area contributed by atoms with Crippen molar-refractivity contribution in [3.05, 3.63) is 59.1 Å². The van der Waals surface area contributed by atoms with E-state index >= 15 is 0 Å². The van der Waals surface area contributed by atoms with Gasteiger partial charge in [-0.1, -0.05) is 5.16 Å². The standard InChI is InChI=1S/C17H14F3N5O2/c1-9-7-13(15(26)24-14-8-10(2)27-25-14)23-16(21-9)22-12-5-3-11(4-6-12)17(18,19)20/h3-8H,1-2H3,(H,21,22,23)(H,24,25,26). The summed E-state index contributed by atoms with van der Waals surface area (Å²) in [6.07, 6.45) is -4.41. The SMILES string of the molecule is Cc1cc(C(=O)Nc2cc(C)on2)nc(Nc2ccc(C(F)(F)F)cc2)n1. The van der Waals surface area contributed by atoms with E-state index in [0.29, 0.717) is 17.1 Å². The molecule has 3 aromatic rings. The predicted molar refractivity (Wildman–Crippen MR) is 90.7 cm³/mol. The quantitative estimate of drug-likeness (QED) is 0.711. The Morgan fingerprint density at radius 1 is 1.07 bits per heavy atom. The van der Waals surface area contributed by atoms with Gasteiger partial charge in [0.1, 0.15) is 11.5 Å². The van der Waals surface area contributed by atoms with Gasteiger partial charge in [-0.3, -0.25) is 4.79 Å². The maximum Gasteiger partial charge on any atom is 0.416 e. The van der Waals surface area contributed by atoms with Crippen LogP contribution in [0.5, 0.6) is 0 Å². The summed E-state index contributed by atoms with van der Waals surface area (Å²) in [6.45, 7) is 3.35. The Balaban J connectivity index is 1.77. The Kier molecular flexibility index (Phi) is 4.80. The lowest BCUT2D eigenvalue weighted by atomic mass is 10.2. The summed E-state index contributed by atoms with van der Waals surface area (Å²) in [4.78, 5) is 20.5. The van der Waals surface area contributed by atoms with E-state index in [0.717, 1.165) is 12.1 Å². The lowest BCUT2D eigenvalue weighted by molar-refractivity contribution is -0.137. The molecule has 2 heterocycles. The van der Waals surface area contributed by atoms with Crippen molar-refractivity contribution in [2.75, 3.05) is 10.6 Å². The number of halogens is 3. The van der Waals surface area contributed by atoms with E-state index in [9.17, 15) is 18.0 Å². The Labute approximate surface area is 151 Å². The molecule has 0 fully saturated rings. The van der Waals surface area contributed by atoms with E-state index in [1.165, 1.54) is 18.2 Å². The third-order valence-electron chi connectivity index (χ3n) is 3.42. The summed E-state index contributed by atoms with van der Waals surface area (Å²) < 4.78 is 42.7. The minimum atomic E-state index is -4.41. The third kappa shape index (κ3) is 4.60. The molecular formula is C17H14F3N5O2. The molecule has 0 radical (unpaired) electrons. The highest BCUT2D eigenvalue weighted by Crippen LogP contribution is 2.30. The first-order chi connectivity index (χ1) is 12.7. The van der Waals surface area contributed by atoms with Crippen LogP contribution in [0.3, 0.4) is 0 Å². The average molecular weight is 377 g/mol. The molecule has 0 bridgehead atoms. The number of benzene rings is 1. The lowest BCUT2D eigenvalue weighted by Gasteiger charge is -2.10. The zero-order valence-electron chi connectivity index (χ0n) is 14.3. The van der Waals surface area contributed by atoms with Gasteiger partial charge >= 0.3 is 6.18 Å². The number of alkyl halides is 3. The minimum Gasteiger partial charge on any atom is -0.360 e. The second kappa shape index (κ2) is 7.06. The van der Waals surface area contributed by atoms with Gasteiger partial charge in [-0.15, -0.1) is 0 Å². The zero-order valence-corrected chi connectivity index (χ0v) is 14.3. The summed E-state index contributed by atoms with van der Waals surface area (Å²) in [5.41, 5.74) is 0.159. The fraction of sp³-hybridized carbons (Fsp3) is 0.176. The summed E-state index contributed by atoms with van der Waals surface area (Å²) in [7, 11) is 0. The van der Waals surface area contributed by atoms with Crippen LogP contribution >= 0.6 is 0 Å². The first-order valence-electron chi connectivity index (χ1n) is 7.75. The molecule has 0 spiro atoms. The van der Waals surface area contributed by atoms with Crippen molar-refractivity contribution in [2.24, 2.45) is 0 Å². The second-order valence-corrected chi connectivity index (χ2v) is 5.70. The van der Waals surface area contributed by atoms with E-state index in [1.807, 2.05) is 0 Å². The molecule has 27 heavy (non-hydrogen) atoms. The van der Waals surface area contributed by atoms with E-state index in [1.54, 1.807) is 19.9 Å². The number of nitrogens with one attached hydrogen (secondary N) is 2. The topological polar surface area (TPSA) is 92.9 Å². The monoisotopic (exact) mass is 377 g/mol. The molecule has 0 aliphatic rings. The normalized spacial score (nSPS) is 11.3. The molecule has 10 heteroatoms. The Morgan fingerprint density at radius 3 is 2.37 bits per heavy atom. The smallest absolute Gasteiger partial charge is 0.360 e. The third-order valence-corrected chi connectivity index (χ3v) is 3.42. The molecule has 0 aliphatic carbocycles. The Hall–Kier alpha value is -3.43. The number of anilines is 3. The maximum absolute atomic E-state index is 12.6. The molecule has 1 aromatic carbocycles. The van der Waals surface area contributed by atoms with Crippen LogP contribution in [0.4, 0.5) is 30.6 Å². The fourth-order valence-corrected chi connectivity index (χ4v) is 2.22. The number of aromatic nitrogens is 3. The molecule has 0 saturated heterocycles. The first-order valence-corrected chi connectivity index (χ1v) is 7.75. The van der Waals surface area contributed by atoms with Crippen molar-refractivity contribution in [2.45, 2.75) is 20.0 Å². The fourth-order valence-electron chi connectivity index (χ4n) is 2.22. The minimum absolute atomic E-state index is 0.0672. The molecule has 3 rings (SSSR count). The highest BCUT2D eigenvalue weighted by atomic mass is 19.4. The summed E-state index contributed by atoms with van der Waals surface area (Å²) >= 11 is 0. The molecule has 1 amide bonds. The van der Waals surface area contributed by atoms with Gasteiger partial charge in [0.05, 0.1) is 5.56 Å². The van der Waals surface area contributed by atoms with Gasteiger partial charge in [-0.05, 0) is 44.2 Å². The molecule has 140 valence electrons. The molecule has 0 atom stereocenters. The van der Waals surface area contributed by atoms with E-state index < -0.39 is 17.6 Å². The van der Waals surface area contributed by atoms with E-state index in [2.05, 4.69) is 25.8 Å². The molecular weight excluding hydrogens is 363 g/mol. The number of carbonyl (C=O) groups excluding carboxylic acids is 1. The first kappa shape index (κ1) is 18.4. The van der Waals surface area contributed by atoms with Crippen molar-refractivity contribution in [3.63, 3.8) is 0 Å². The van der Waals surface area contributed by atoms with Crippen molar-refractivity contribution in [1.29, 1.82) is 0 Å². The number of rotatable bonds is 4. The van der Waals surface area contributed by atoms with Crippen LogP contribution in [0.25, 0.3) is 0 Å². The van der Waals surface area contributed by atoms with E-state index in [4.69, 9.17) is 4.52 Å². The molecule has 2 aromatic heterocycles. The van der Waals surface area contributed by atoms with E-state index in [-0.39, 0.29) is 17.5 Å². The van der Waals surface area contributed by atoms with Gasteiger partial charge in [0.2, 0.25) is 5.95 Å². The van der Waals surface area contributed by atoms with Gasteiger partial charge < -0.3 is 15.2 Å². The number of amides is 1. The summed E-state index contributed by atoms with van der Waals surface area (Å²) in [6, 6.07) is 7.42. The van der Waals surface area contributed by atoms with Crippen molar-refractivity contribution < 1.29 is 22.5 Å². The van der Waals surface area contributed by atoms with Crippen molar-refractivity contribution >= 4 is 23.4 Å². The molecule has 0 saturated carbocycles. The van der Waals surface area contributed by atoms with Crippen LogP contribution in [0.1, 0.15) is 27.5 Å². The number of nitrogens with zero attached hydrogens (tertiary/aromatic N) is 3. The van der Waals surface area contributed by atoms with Gasteiger partial charge in [-0.2, -0.15) is 13.2 Å². The van der Waals surface area contributed by atoms with Crippen LogP contribution in [0.2, 0.25) is 0 Å². The van der Waals surface area contributed by atoms with Crippen LogP contribution in [-0.4, -0.2) is 21.0 Å². The lowest BCUT2D eigenvalue weighted by Crippen LogP contribution is -2.15. The zero-order chi connectivity index (χ0) is 19.6. The van der Waals surface area contributed by atoms with Crippen LogP contribution in [0.15, 0.2) is 40.9 Å². The highest BCUT2D eigenvalue weighted by Gasteiger charge is 2.29. The second-order valence-electron chi connectivity index (χ2n) is 5.70. The van der Waals surface area contributed by atoms with Gasteiger partial charge in [0.15, 0.2) is 5.82 Å². The molecule has 0 aliphatic heterocycles. The van der Waals surface area contributed by atoms with Gasteiger partial charge in [0, 0.05) is 17.4 Å². The van der Waals surface area contributed by atoms with Crippen LogP contribution in [-0.2, 0) is 6.18 Å². The summed E-state index contributed by atoms with van der Waals surface area (Å²) in [5, 5.41) is 8.98. The molecule has 2 N–H and O–H groups in total. The average Bonchev–Trinajstić information content (AvgIpc) is 2.99. The van der Waals surface area contributed by atoms with Gasteiger partial charge in [0.25, 0.3) is 5.91 Å². The van der Waals surface area contributed by atoms with Crippen LogP contribution in [0, 0.1) is 13.8 Å². The van der Waals surface area contributed by atoms with Crippen molar-refractivity contribution in [1.82, 2.24) is 15.1 Å². The number of aryl methyl sites for hydroxylation is 2. The Morgan fingerprint density at radius 2 is 1.78 bits per heavy atom. The highest BCUT2D eigenvalue weighted by molar-refractivity contribution is 6.02.